The molecular weight excluding hydrogens is 1060 g/mol. The van der Waals surface area contributed by atoms with Gasteiger partial charge in [-0.25, -0.2) is 4.79 Å². The number of carbonyl (C=O) groups excluding carboxylic acids is 9. The number of carbonyl (C=O) groups is 11. The monoisotopic (exact) mass is 1140 g/mol. The molecule has 3 rings (SSSR count). The van der Waals surface area contributed by atoms with Crippen molar-refractivity contribution in [3.8, 4) is 0 Å². The van der Waals surface area contributed by atoms with E-state index in [2.05, 4.69) is 60.1 Å². The summed E-state index contributed by atoms with van der Waals surface area (Å²) in [4.78, 5) is 150. The average Bonchev–Trinajstić information content (AvgIpc) is 3.81. The van der Waals surface area contributed by atoms with Crippen molar-refractivity contribution in [1.82, 2.24) is 47.5 Å². The van der Waals surface area contributed by atoms with Gasteiger partial charge in [0.15, 0.2) is 0 Å². The summed E-state index contributed by atoms with van der Waals surface area (Å²) in [5.74, 6) is -12.7. The molecule has 1 aromatic heterocycles. The van der Waals surface area contributed by atoms with Crippen molar-refractivity contribution in [3.63, 3.8) is 0 Å². The summed E-state index contributed by atoms with van der Waals surface area (Å²) in [6.45, 7) is 8.03. The SMILES string of the molecule is CC(C)C[C@H](NC(=O)[C@@H](N)Cc1ccccc1)C(=O)N[C@@H](CC(N)=O)C(=O)N[C@@H](CCCCN)C(=O)N[C@@H](CS)C(=O)N[C@@H](CCC(=O)O)C(=O)N[C@H](C(=O)N[C@@H](Cc1c[nH]c2ccccc12)C(=O)N[C@H](C(=O)O)C(C)C)[C@@H](C)O. The number of benzene rings is 2. The number of carboxylic acid groups (broad SMARTS) is 2. The Balaban J connectivity index is 1.84. The maximum atomic E-state index is 14.0. The zero-order chi connectivity index (χ0) is 59.8. The highest BCUT2D eigenvalue weighted by Gasteiger charge is 2.37. The molecule has 26 nitrogen and oxygen atoms in total. The molecule has 0 unspecified atom stereocenters. The highest BCUT2D eigenvalue weighted by Crippen LogP contribution is 2.20. The Kier molecular flexibility index (Phi) is 27.6. The van der Waals surface area contributed by atoms with Gasteiger partial charge in [0.05, 0.1) is 18.6 Å². The summed E-state index contributed by atoms with van der Waals surface area (Å²) in [5.41, 5.74) is 19.4. The number of hydrogen-bond donors (Lipinski definition) is 16. The van der Waals surface area contributed by atoms with Crippen molar-refractivity contribution in [3.05, 3.63) is 71.9 Å². The second-order valence-corrected chi connectivity index (χ2v) is 20.6. The van der Waals surface area contributed by atoms with Gasteiger partial charge in [-0.15, -0.1) is 0 Å². The lowest BCUT2D eigenvalue weighted by atomic mass is 10.0. The molecule has 0 aliphatic carbocycles. The fourth-order valence-corrected chi connectivity index (χ4v) is 8.61. The molecule has 3 aromatic rings. The molecule has 18 N–H and O–H groups in total. The predicted octanol–water partition coefficient (Wildman–Crippen LogP) is -1.87. The first-order chi connectivity index (χ1) is 37.8. The molecule has 2 aromatic carbocycles. The van der Waals surface area contributed by atoms with E-state index in [0.717, 1.165) is 12.5 Å². The van der Waals surface area contributed by atoms with E-state index in [0.29, 0.717) is 22.9 Å². The summed E-state index contributed by atoms with van der Waals surface area (Å²) < 4.78 is 0. The Labute approximate surface area is 468 Å². The van der Waals surface area contributed by atoms with Crippen LogP contribution < -0.4 is 59.7 Å². The van der Waals surface area contributed by atoms with Crippen LogP contribution >= 0.6 is 12.6 Å². The molecule has 10 atom stereocenters. The van der Waals surface area contributed by atoms with E-state index >= 15 is 0 Å². The van der Waals surface area contributed by atoms with Crippen LogP contribution in [0.4, 0.5) is 0 Å². The quantitative estimate of drug-likeness (QED) is 0.0227. The van der Waals surface area contributed by atoms with Gasteiger partial charge >= 0.3 is 11.9 Å². The molecule has 1 heterocycles. The minimum Gasteiger partial charge on any atom is -0.481 e. The fourth-order valence-electron chi connectivity index (χ4n) is 8.35. The number of unbranched alkanes of at least 4 members (excludes halogenated alkanes) is 1. The predicted molar refractivity (Wildman–Crippen MR) is 297 cm³/mol. The number of hydrogen-bond acceptors (Lipinski definition) is 15. The number of amides is 9. The molecule has 0 aliphatic rings. The molecule has 0 fully saturated rings. The van der Waals surface area contributed by atoms with E-state index in [1.165, 1.54) is 0 Å². The molecule has 0 saturated carbocycles. The van der Waals surface area contributed by atoms with Gasteiger partial charge in [-0.3, -0.25) is 47.9 Å². The lowest BCUT2D eigenvalue weighted by Gasteiger charge is -2.28. The zero-order valence-electron chi connectivity index (χ0n) is 45.5. The van der Waals surface area contributed by atoms with Gasteiger partial charge in [0.25, 0.3) is 0 Å². The highest BCUT2D eigenvalue weighted by atomic mass is 32.1. The van der Waals surface area contributed by atoms with Gasteiger partial charge in [-0.05, 0) is 81.0 Å². The minimum absolute atomic E-state index is 0.0904. The van der Waals surface area contributed by atoms with Crippen molar-refractivity contribution in [2.75, 3.05) is 12.3 Å². The number of primary amides is 1. The van der Waals surface area contributed by atoms with E-state index in [1.54, 1.807) is 88.5 Å². The smallest absolute Gasteiger partial charge is 0.326 e. The van der Waals surface area contributed by atoms with Crippen LogP contribution in [0.15, 0.2) is 60.8 Å². The maximum Gasteiger partial charge on any atom is 0.326 e. The van der Waals surface area contributed by atoms with Crippen LogP contribution in [0.5, 0.6) is 0 Å². The Hall–Kier alpha value is -7.62. The molecular formula is C53H78N12O14S. The Bertz CT molecular complexity index is 2620. The summed E-state index contributed by atoms with van der Waals surface area (Å²) in [5, 5.41) is 50.5. The van der Waals surface area contributed by atoms with Crippen molar-refractivity contribution in [1.29, 1.82) is 0 Å². The number of nitrogens with two attached hydrogens (primary N) is 3. The number of fused-ring (bicyclic) bond motifs is 1. The summed E-state index contributed by atoms with van der Waals surface area (Å²) in [6, 6.07) is 2.54. The van der Waals surface area contributed by atoms with Crippen molar-refractivity contribution in [2.24, 2.45) is 29.0 Å². The Morgan fingerprint density at radius 3 is 1.68 bits per heavy atom. The van der Waals surface area contributed by atoms with Gasteiger partial charge in [0.1, 0.15) is 48.3 Å². The standard InChI is InChI=1S/C53H78N12O14S/c1-27(2)21-37(60-45(70)33(55)22-30-13-7-6-8-14-30)48(73)61-39(24-41(56)67)49(74)58-35(17-11-12-20-54)46(71)63-40(26-80)51(76)59-36(18-19-42(68)69)47(72)65-44(29(5)66)52(77)62-38(50(75)64-43(28(3)4)53(78)79)23-31-25-57-34-16-10-9-15-32(31)34/h6-10,13-16,25,27-29,33,35-40,43-44,57,66,80H,11-12,17-24,26,54-55H2,1-5H3,(H2,56,67)(H,58,74)(H,59,76)(H,60,70)(H,61,73)(H,62,77)(H,63,71)(H,64,75)(H,65,72)(H,68,69)(H,78,79)/t29-,33+,35+,36+,37+,38+,39+,40+,43+,44+/m1/s1. The van der Waals surface area contributed by atoms with Crippen molar-refractivity contribution < 1.29 is 68.1 Å². The van der Waals surface area contributed by atoms with Crippen LogP contribution in [0.1, 0.15) is 90.7 Å². The average molecular weight is 1140 g/mol. The lowest BCUT2D eigenvalue weighted by molar-refractivity contribution is -0.143. The van der Waals surface area contributed by atoms with Crippen LogP contribution in [0.3, 0.4) is 0 Å². The third kappa shape index (κ3) is 21.9. The Morgan fingerprint density at radius 2 is 1.10 bits per heavy atom. The van der Waals surface area contributed by atoms with E-state index in [4.69, 9.17) is 17.2 Å². The number of aromatic amines is 1. The van der Waals surface area contributed by atoms with E-state index in [-0.39, 0.29) is 44.6 Å². The molecule has 440 valence electrons. The number of thiol groups is 1. The number of aliphatic hydroxyl groups is 1. The van der Waals surface area contributed by atoms with Gasteiger partial charge in [-0.1, -0.05) is 76.2 Å². The first kappa shape index (κ1) is 66.7. The van der Waals surface area contributed by atoms with Crippen molar-refractivity contribution in [2.45, 2.75) is 153 Å². The molecule has 0 radical (unpaired) electrons. The minimum atomic E-state index is -1.85. The van der Waals surface area contributed by atoms with Crippen LogP contribution in [0.25, 0.3) is 10.9 Å². The topological polar surface area (TPSA) is 439 Å². The number of aliphatic carboxylic acids is 2. The van der Waals surface area contributed by atoms with Crippen LogP contribution in [0, 0.1) is 11.8 Å². The second kappa shape index (κ2) is 33.1. The number of H-pyrrole nitrogens is 1. The molecule has 0 spiro atoms. The van der Waals surface area contributed by atoms with Crippen molar-refractivity contribution >= 4 is 88.6 Å². The molecule has 9 amide bonds. The first-order valence-corrected chi connectivity index (χ1v) is 26.9. The molecule has 0 saturated heterocycles. The fraction of sp³-hybridized carbons (Fsp3) is 0.528. The summed E-state index contributed by atoms with van der Waals surface area (Å²) >= 11 is 4.21. The molecule has 27 heteroatoms. The highest BCUT2D eigenvalue weighted by molar-refractivity contribution is 7.80. The third-order valence-electron chi connectivity index (χ3n) is 12.7. The van der Waals surface area contributed by atoms with Gasteiger partial charge in [0.2, 0.25) is 53.2 Å². The van der Waals surface area contributed by atoms with Gasteiger partial charge in [-0.2, -0.15) is 12.6 Å². The lowest BCUT2D eigenvalue weighted by Crippen LogP contribution is -2.62. The largest absolute Gasteiger partial charge is 0.481 e. The van der Waals surface area contributed by atoms with Crippen LogP contribution in [-0.4, -0.2) is 158 Å². The van der Waals surface area contributed by atoms with E-state index < -0.39 is 157 Å². The van der Waals surface area contributed by atoms with Crippen LogP contribution in [-0.2, 0) is 65.6 Å². The third-order valence-corrected chi connectivity index (χ3v) is 13.1. The molecule has 80 heavy (non-hydrogen) atoms. The maximum absolute atomic E-state index is 14.0. The number of para-hydroxylation sites is 1. The number of aromatic nitrogens is 1. The van der Waals surface area contributed by atoms with Gasteiger partial charge < -0.3 is 80.0 Å². The summed E-state index contributed by atoms with van der Waals surface area (Å²) in [6.07, 6.45) is -1.53. The molecule has 0 aliphatic heterocycles. The van der Waals surface area contributed by atoms with Crippen LogP contribution in [0.2, 0.25) is 0 Å². The number of rotatable bonds is 35. The number of nitrogens with one attached hydrogen (secondary N) is 9. The summed E-state index contributed by atoms with van der Waals surface area (Å²) in [7, 11) is 0. The number of carboxylic acids is 2. The van der Waals surface area contributed by atoms with E-state index in [9.17, 15) is 68.1 Å². The zero-order valence-corrected chi connectivity index (χ0v) is 46.4. The molecule has 0 bridgehead atoms. The normalized spacial score (nSPS) is 15.0. The first-order valence-electron chi connectivity index (χ1n) is 26.3. The van der Waals surface area contributed by atoms with E-state index in [1.807, 2.05) is 0 Å². The Morgan fingerprint density at radius 1 is 0.588 bits per heavy atom. The van der Waals surface area contributed by atoms with Gasteiger partial charge in [0, 0.05) is 35.7 Å². The second-order valence-electron chi connectivity index (χ2n) is 20.2. The number of aliphatic hydroxyl groups excluding tert-OH is 1.